The van der Waals surface area contributed by atoms with Crippen LogP contribution in [-0.2, 0) is 23.1 Å². The molecule has 0 aromatic carbocycles. The van der Waals surface area contributed by atoms with Gasteiger partial charge in [0.1, 0.15) is 6.10 Å². The summed E-state index contributed by atoms with van der Waals surface area (Å²) in [5, 5.41) is 4.07. The quantitative estimate of drug-likeness (QED) is 0.752. The molecule has 0 bridgehead atoms. The molecule has 0 N–H and O–H groups in total. The Morgan fingerprint density at radius 3 is 3.12 bits per heavy atom. The lowest BCUT2D eigenvalue weighted by Crippen LogP contribution is -2.35. The minimum atomic E-state index is -0.235. The molecule has 1 aliphatic heterocycles. The number of ether oxygens (including phenoxy) is 1. The zero-order chi connectivity index (χ0) is 11.5. The zero-order valence-electron chi connectivity index (χ0n) is 9.72. The summed E-state index contributed by atoms with van der Waals surface area (Å²) in [6.07, 6.45) is 5.29. The third kappa shape index (κ3) is 2.41. The predicted molar refractivity (Wildman–Crippen MR) is 58.7 cm³/mol. The molecule has 1 aromatic heterocycles. The van der Waals surface area contributed by atoms with Gasteiger partial charge in [-0.25, -0.2) is 0 Å². The molecule has 0 saturated carbocycles. The number of rotatable bonds is 3. The van der Waals surface area contributed by atoms with Crippen LogP contribution in [0.1, 0.15) is 18.4 Å². The number of carbonyl (C=O) groups excluding carboxylic acids is 1. The number of aryl methyl sites for hydroxylation is 1. The van der Waals surface area contributed by atoms with Gasteiger partial charge in [0.2, 0.25) is 0 Å². The Bertz CT molecular complexity index is 369. The maximum absolute atomic E-state index is 11.9. The molecule has 0 radical (unpaired) electrons. The van der Waals surface area contributed by atoms with Crippen LogP contribution in [0.4, 0.5) is 0 Å². The molecule has 16 heavy (non-hydrogen) atoms. The Morgan fingerprint density at radius 1 is 1.75 bits per heavy atom. The standard InChI is InChI=1S/C11H17N3O2/c1-13(7-9-6-12-14(2)8-9)11(15)10-4-3-5-16-10/h6,8,10H,3-5,7H2,1-2H3. The van der Waals surface area contributed by atoms with E-state index in [1.54, 1.807) is 22.8 Å². The molecule has 5 nitrogen and oxygen atoms in total. The summed E-state index contributed by atoms with van der Waals surface area (Å²) >= 11 is 0. The van der Waals surface area contributed by atoms with Gasteiger partial charge in [-0.3, -0.25) is 9.48 Å². The van der Waals surface area contributed by atoms with E-state index in [4.69, 9.17) is 4.74 Å². The second-order valence-corrected chi connectivity index (χ2v) is 4.22. The number of hydrogen-bond acceptors (Lipinski definition) is 3. The van der Waals surface area contributed by atoms with E-state index < -0.39 is 0 Å². The molecule has 1 aromatic rings. The number of hydrogen-bond donors (Lipinski definition) is 0. The number of aromatic nitrogens is 2. The van der Waals surface area contributed by atoms with Crippen molar-refractivity contribution in [2.24, 2.45) is 7.05 Å². The molecule has 1 fully saturated rings. The lowest BCUT2D eigenvalue weighted by atomic mass is 10.2. The Balaban J connectivity index is 1.91. The summed E-state index contributed by atoms with van der Waals surface area (Å²) in [6, 6.07) is 0. The number of carbonyl (C=O) groups is 1. The molecule has 88 valence electrons. The van der Waals surface area contributed by atoms with Crippen molar-refractivity contribution in [2.45, 2.75) is 25.5 Å². The van der Waals surface area contributed by atoms with E-state index in [0.717, 1.165) is 18.4 Å². The highest BCUT2D eigenvalue weighted by molar-refractivity contribution is 5.80. The van der Waals surface area contributed by atoms with Gasteiger partial charge in [-0.2, -0.15) is 5.10 Å². The first kappa shape index (κ1) is 11.1. The Morgan fingerprint density at radius 2 is 2.56 bits per heavy atom. The second kappa shape index (κ2) is 4.65. The average Bonchev–Trinajstić information content (AvgIpc) is 2.88. The van der Waals surface area contributed by atoms with Crippen LogP contribution in [0.3, 0.4) is 0 Å². The van der Waals surface area contributed by atoms with Gasteiger partial charge >= 0.3 is 0 Å². The Hall–Kier alpha value is -1.36. The fraction of sp³-hybridized carbons (Fsp3) is 0.636. The normalized spacial score (nSPS) is 20.0. The lowest BCUT2D eigenvalue weighted by molar-refractivity contribution is -0.140. The van der Waals surface area contributed by atoms with Gasteiger partial charge in [-0.15, -0.1) is 0 Å². The first-order valence-electron chi connectivity index (χ1n) is 5.51. The first-order valence-corrected chi connectivity index (χ1v) is 5.51. The molecule has 1 atom stereocenters. The van der Waals surface area contributed by atoms with Crippen LogP contribution in [0, 0.1) is 0 Å². The van der Waals surface area contributed by atoms with E-state index in [9.17, 15) is 4.79 Å². The second-order valence-electron chi connectivity index (χ2n) is 4.22. The summed E-state index contributed by atoms with van der Waals surface area (Å²) in [5.74, 6) is 0.0707. The highest BCUT2D eigenvalue weighted by atomic mass is 16.5. The van der Waals surface area contributed by atoms with Gasteiger partial charge in [0.15, 0.2) is 0 Å². The average molecular weight is 223 g/mol. The fourth-order valence-corrected chi connectivity index (χ4v) is 1.92. The van der Waals surface area contributed by atoms with Crippen LogP contribution in [0.15, 0.2) is 12.4 Å². The van der Waals surface area contributed by atoms with E-state index >= 15 is 0 Å². The molecule has 0 spiro atoms. The lowest BCUT2D eigenvalue weighted by Gasteiger charge is -2.19. The SMILES string of the molecule is CN(Cc1cnn(C)c1)C(=O)C1CCCO1. The van der Waals surface area contributed by atoms with Crippen molar-refractivity contribution >= 4 is 5.91 Å². The van der Waals surface area contributed by atoms with Gasteiger partial charge < -0.3 is 9.64 Å². The number of amides is 1. The maximum atomic E-state index is 11.9. The highest BCUT2D eigenvalue weighted by Gasteiger charge is 2.26. The maximum Gasteiger partial charge on any atom is 0.251 e. The van der Waals surface area contributed by atoms with Crippen molar-refractivity contribution in [3.8, 4) is 0 Å². The summed E-state index contributed by atoms with van der Waals surface area (Å²) in [4.78, 5) is 13.6. The van der Waals surface area contributed by atoms with E-state index in [1.807, 2.05) is 13.2 Å². The molecule has 1 amide bonds. The molecule has 2 heterocycles. The van der Waals surface area contributed by atoms with Crippen molar-refractivity contribution in [3.05, 3.63) is 18.0 Å². The van der Waals surface area contributed by atoms with E-state index in [1.165, 1.54) is 0 Å². The van der Waals surface area contributed by atoms with Crippen LogP contribution >= 0.6 is 0 Å². The van der Waals surface area contributed by atoms with Crippen molar-refractivity contribution in [1.82, 2.24) is 14.7 Å². The Kier molecular flexibility index (Phi) is 3.24. The summed E-state index contributed by atoms with van der Waals surface area (Å²) < 4.78 is 7.10. The van der Waals surface area contributed by atoms with Gasteiger partial charge in [0, 0.05) is 39.0 Å². The molecule has 1 saturated heterocycles. The predicted octanol–water partition coefficient (Wildman–Crippen LogP) is 0.557. The molecule has 0 aliphatic carbocycles. The molecule has 1 unspecified atom stereocenters. The van der Waals surface area contributed by atoms with Crippen LogP contribution in [0.25, 0.3) is 0 Å². The summed E-state index contributed by atoms with van der Waals surface area (Å²) in [5.41, 5.74) is 1.04. The van der Waals surface area contributed by atoms with E-state index in [-0.39, 0.29) is 12.0 Å². The van der Waals surface area contributed by atoms with Crippen molar-refractivity contribution < 1.29 is 9.53 Å². The zero-order valence-corrected chi connectivity index (χ0v) is 9.72. The Labute approximate surface area is 95.0 Å². The first-order chi connectivity index (χ1) is 7.66. The molecular weight excluding hydrogens is 206 g/mol. The van der Waals surface area contributed by atoms with Crippen molar-refractivity contribution in [1.29, 1.82) is 0 Å². The van der Waals surface area contributed by atoms with Gasteiger partial charge in [0.05, 0.1) is 6.20 Å². The topological polar surface area (TPSA) is 47.4 Å². The minimum Gasteiger partial charge on any atom is -0.368 e. The van der Waals surface area contributed by atoms with Crippen LogP contribution in [-0.4, -0.2) is 40.3 Å². The smallest absolute Gasteiger partial charge is 0.251 e. The number of nitrogens with zero attached hydrogens (tertiary/aromatic N) is 3. The van der Waals surface area contributed by atoms with Gasteiger partial charge in [0.25, 0.3) is 5.91 Å². The molecular formula is C11H17N3O2. The molecule has 1 aliphatic rings. The summed E-state index contributed by atoms with van der Waals surface area (Å²) in [6.45, 7) is 1.30. The van der Waals surface area contributed by atoms with Crippen LogP contribution < -0.4 is 0 Å². The van der Waals surface area contributed by atoms with Crippen molar-refractivity contribution in [2.75, 3.05) is 13.7 Å². The fourth-order valence-electron chi connectivity index (χ4n) is 1.92. The largest absolute Gasteiger partial charge is 0.368 e. The van der Waals surface area contributed by atoms with E-state index in [0.29, 0.717) is 13.2 Å². The summed E-state index contributed by atoms with van der Waals surface area (Å²) in [7, 11) is 3.67. The van der Waals surface area contributed by atoms with Crippen LogP contribution in [0.2, 0.25) is 0 Å². The number of likely N-dealkylation sites (N-methyl/N-ethyl adjacent to an activating group) is 1. The minimum absolute atomic E-state index is 0.0707. The third-order valence-electron chi connectivity index (χ3n) is 2.76. The van der Waals surface area contributed by atoms with E-state index in [2.05, 4.69) is 5.10 Å². The van der Waals surface area contributed by atoms with Gasteiger partial charge in [-0.1, -0.05) is 0 Å². The monoisotopic (exact) mass is 223 g/mol. The molecule has 2 rings (SSSR count). The molecule has 5 heteroatoms. The highest BCUT2D eigenvalue weighted by Crippen LogP contribution is 2.15. The van der Waals surface area contributed by atoms with Crippen molar-refractivity contribution in [3.63, 3.8) is 0 Å². The third-order valence-corrected chi connectivity index (χ3v) is 2.76. The van der Waals surface area contributed by atoms with Crippen LogP contribution in [0.5, 0.6) is 0 Å². The van der Waals surface area contributed by atoms with Gasteiger partial charge in [-0.05, 0) is 12.8 Å².